The molecule has 1 aromatic heterocycles. The lowest BCUT2D eigenvalue weighted by Crippen LogP contribution is -2.09. The molecule has 13 heavy (non-hydrogen) atoms. The van der Waals surface area contributed by atoms with E-state index in [1.54, 1.807) is 0 Å². The second-order valence-corrected chi connectivity index (χ2v) is 3.44. The van der Waals surface area contributed by atoms with E-state index in [0.29, 0.717) is 18.1 Å². The van der Waals surface area contributed by atoms with Crippen LogP contribution >= 0.6 is 11.3 Å². The number of hydrogen-bond acceptors (Lipinski definition) is 4. The van der Waals surface area contributed by atoms with Crippen LogP contribution in [0.3, 0.4) is 0 Å². The lowest BCUT2D eigenvalue weighted by molar-refractivity contribution is -0.115. The summed E-state index contributed by atoms with van der Waals surface area (Å²) in [5.74, 6) is -0.00588. The molecule has 0 saturated heterocycles. The summed E-state index contributed by atoms with van der Waals surface area (Å²) in [5, 5.41) is 5.28. The van der Waals surface area contributed by atoms with Crippen molar-refractivity contribution in [2.45, 2.75) is 19.8 Å². The number of nitrogens with one attached hydrogen (secondary N) is 1. The van der Waals surface area contributed by atoms with Crippen LogP contribution in [0.4, 0.5) is 5.13 Å². The van der Waals surface area contributed by atoms with Crippen molar-refractivity contribution in [1.29, 1.82) is 0 Å². The van der Waals surface area contributed by atoms with Crippen LogP contribution in [0, 0.1) is 0 Å². The Balaban J connectivity index is 2.53. The van der Waals surface area contributed by atoms with Crippen molar-refractivity contribution in [3.63, 3.8) is 0 Å². The Hall–Kier alpha value is -0.940. The SMILES string of the molecule is CCC(=O)Nc1nc(CCN)cs1. The number of rotatable bonds is 4. The highest BCUT2D eigenvalue weighted by Gasteiger charge is 2.03. The topological polar surface area (TPSA) is 68.0 Å². The van der Waals surface area contributed by atoms with Crippen molar-refractivity contribution in [2.75, 3.05) is 11.9 Å². The fourth-order valence-electron chi connectivity index (χ4n) is 0.835. The summed E-state index contributed by atoms with van der Waals surface area (Å²) in [6.07, 6.45) is 1.24. The van der Waals surface area contributed by atoms with E-state index in [2.05, 4.69) is 10.3 Å². The lowest BCUT2D eigenvalue weighted by Gasteiger charge is -1.96. The maximum Gasteiger partial charge on any atom is 0.225 e. The maximum absolute atomic E-state index is 11.0. The minimum Gasteiger partial charge on any atom is -0.330 e. The Morgan fingerprint density at radius 1 is 1.77 bits per heavy atom. The van der Waals surface area contributed by atoms with E-state index in [4.69, 9.17) is 5.73 Å². The zero-order chi connectivity index (χ0) is 9.68. The second kappa shape index (κ2) is 4.94. The van der Waals surface area contributed by atoms with Crippen molar-refractivity contribution >= 4 is 22.4 Å². The fraction of sp³-hybridized carbons (Fsp3) is 0.500. The summed E-state index contributed by atoms with van der Waals surface area (Å²) in [6.45, 7) is 2.40. The second-order valence-electron chi connectivity index (χ2n) is 2.58. The van der Waals surface area contributed by atoms with E-state index in [1.807, 2.05) is 12.3 Å². The Morgan fingerprint density at radius 3 is 3.15 bits per heavy atom. The third-order valence-electron chi connectivity index (χ3n) is 1.52. The van der Waals surface area contributed by atoms with Gasteiger partial charge in [0, 0.05) is 18.2 Å². The van der Waals surface area contributed by atoms with Crippen LogP contribution in [0.15, 0.2) is 5.38 Å². The van der Waals surface area contributed by atoms with Gasteiger partial charge in [0.1, 0.15) is 0 Å². The molecule has 3 N–H and O–H groups in total. The molecule has 5 heteroatoms. The molecule has 0 spiro atoms. The van der Waals surface area contributed by atoms with Crippen LogP contribution < -0.4 is 11.1 Å². The number of nitrogens with zero attached hydrogens (tertiary/aromatic N) is 1. The summed E-state index contributed by atoms with van der Waals surface area (Å²) < 4.78 is 0. The summed E-state index contributed by atoms with van der Waals surface area (Å²) >= 11 is 1.43. The molecule has 1 rings (SSSR count). The number of anilines is 1. The Morgan fingerprint density at radius 2 is 2.54 bits per heavy atom. The molecular formula is C8H13N3OS. The first-order chi connectivity index (χ1) is 6.26. The zero-order valence-corrected chi connectivity index (χ0v) is 8.36. The molecule has 1 amide bonds. The maximum atomic E-state index is 11.0. The number of thiazole rings is 1. The number of carbonyl (C=O) groups excluding carboxylic acids is 1. The monoisotopic (exact) mass is 199 g/mol. The molecule has 72 valence electrons. The summed E-state index contributed by atoms with van der Waals surface area (Å²) in [4.78, 5) is 15.2. The highest BCUT2D eigenvalue weighted by atomic mass is 32.1. The van der Waals surface area contributed by atoms with Crippen LogP contribution in [0.5, 0.6) is 0 Å². The van der Waals surface area contributed by atoms with Gasteiger partial charge in [0.15, 0.2) is 5.13 Å². The van der Waals surface area contributed by atoms with E-state index in [-0.39, 0.29) is 5.91 Å². The smallest absolute Gasteiger partial charge is 0.225 e. The molecule has 0 radical (unpaired) electrons. The number of carbonyl (C=O) groups is 1. The van der Waals surface area contributed by atoms with Gasteiger partial charge in [-0.2, -0.15) is 0 Å². The predicted octanol–water partition coefficient (Wildman–Crippen LogP) is 0.993. The standard InChI is InChI=1S/C8H13N3OS/c1-2-7(12)11-8-10-6(3-4-9)5-13-8/h5H,2-4,9H2,1H3,(H,10,11,12). The van der Waals surface area contributed by atoms with Crippen LogP contribution in [0.25, 0.3) is 0 Å². The molecule has 0 bridgehead atoms. The largest absolute Gasteiger partial charge is 0.330 e. The molecular weight excluding hydrogens is 186 g/mol. The molecule has 0 aliphatic rings. The number of hydrogen-bond donors (Lipinski definition) is 2. The van der Waals surface area contributed by atoms with E-state index >= 15 is 0 Å². The predicted molar refractivity (Wildman–Crippen MR) is 53.8 cm³/mol. The van der Waals surface area contributed by atoms with Gasteiger partial charge in [-0.1, -0.05) is 6.92 Å². The van der Waals surface area contributed by atoms with Crippen molar-refractivity contribution in [1.82, 2.24) is 4.98 Å². The number of nitrogens with two attached hydrogens (primary N) is 1. The van der Waals surface area contributed by atoms with Crippen LogP contribution in [-0.2, 0) is 11.2 Å². The van der Waals surface area contributed by atoms with Crippen LogP contribution in [-0.4, -0.2) is 17.4 Å². The molecule has 0 aliphatic heterocycles. The quantitative estimate of drug-likeness (QED) is 0.760. The third kappa shape index (κ3) is 3.12. The van der Waals surface area contributed by atoms with Gasteiger partial charge in [-0.3, -0.25) is 4.79 Å². The molecule has 1 aromatic rings. The van der Waals surface area contributed by atoms with E-state index in [0.717, 1.165) is 12.1 Å². The van der Waals surface area contributed by atoms with Gasteiger partial charge in [-0.05, 0) is 6.54 Å². The van der Waals surface area contributed by atoms with Gasteiger partial charge in [-0.15, -0.1) is 11.3 Å². The Bertz CT molecular complexity index is 285. The average molecular weight is 199 g/mol. The van der Waals surface area contributed by atoms with Crippen molar-refractivity contribution in [2.24, 2.45) is 5.73 Å². The summed E-state index contributed by atoms with van der Waals surface area (Å²) in [5.41, 5.74) is 6.32. The summed E-state index contributed by atoms with van der Waals surface area (Å²) in [7, 11) is 0. The van der Waals surface area contributed by atoms with Gasteiger partial charge in [0.25, 0.3) is 0 Å². The van der Waals surface area contributed by atoms with Gasteiger partial charge in [0.2, 0.25) is 5.91 Å². The van der Waals surface area contributed by atoms with Gasteiger partial charge in [0.05, 0.1) is 5.69 Å². The normalized spacial score (nSPS) is 10.0. The van der Waals surface area contributed by atoms with Crippen molar-refractivity contribution in [3.05, 3.63) is 11.1 Å². The molecule has 0 unspecified atom stereocenters. The number of aromatic nitrogens is 1. The zero-order valence-electron chi connectivity index (χ0n) is 7.54. The molecule has 0 fully saturated rings. The van der Waals surface area contributed by atoms with E-state index < -0.39 is 0 Å². The molecule has 0 aromatic carbocycles. The molecule has 0 aliphatic carbocycles. The average Bonchev–Trinajstić information content (AvgIpc) is 2.53. The van der Waals surface area contributed by atoms with Gasteiger partial charge in [-0.25, -0.2) is 4.98 Å². The molecule has 0 atom stereocenters. The van der Waals surface area contributed by atoms with Crippen LogP contribution in [0.1, 0.15) is 19.0 Å². The van der Waals surface area contributed by atoms with Crippen molar-refractivity contribution < 1.29 is 4.79 Å². The van der Waals surface area contributed by atoms with Crippen molar-refractivity contribution in [3.8, 4) is 0 Å². The molecule has 1 heterocycles. The highest BCUT2D eigenvalue weighted by Crippen LogP contribution is 2.15. The first-order valence-electron chi connectivity index (χ1n) is 4.20. The van der Waals surface area contributed by atoms with E-state index in [9.17, 15) is 4.79 Å². The highest BCUT2D eigenvalue weighted by molar-refractivity contribution is 7.13. The van der Waals surface area contributed by atoms with Gasteiger partial charge >= 0.3 is 0 Å². The minimum atomic E-state index is -0.00588. The van der Waals surface area contributed by atoms with Gasteiger partial charge < -0.3 is 11.1 Å². The third-order valence-corrected chi connectivity index (χ3v) is 2.33. The molecule has 0 saturated carbocycles. The fourth-order valence-corrected chi connectivity index (χ4v) is 1.60. The summed E-state index contributed by atoms with van der Waals surface area (Å²) in [6, 6.07) is 0. The lowest BCUT2D eigenvalue weighted by atomic mass is 10.3. The minimum absolute atomic E-state index is 0.00588. The van der Waals surface area contributed by atoms with Crippen LogP contribution in [0.2, 0.25) is 0 Å². The number of amides is 1. The Kier molecular flexibility index (Phi) is 3.85. The Labute approximate surface area is 81.2 Å². The first kappa shape index (κ1) is 10.1. The van der Waals surface area contributed by atoms with E-state index in [1.165, 1.54) is 11.3 Å². The first-order valence-corrected chi connectivity index (χ1v) is 5.08. The molecule has 4 nitrogen and oxygen atoms in total.